The Kier molecular flexibility index (Phi) is 33.5. The predicted octanol–water partition coefficient (Wildman–Crippen LogP) is -0.865. The van der Waals surface area contributed by atoms with E-state index in [2.05, 4.69) is 52.8 Å². The van der Waals surface area contributed by atoms with E-state index < -0.39 is 271 Å². The number of nitrogens with one attached hydrogen (secondary N) is 10. The van der Waals surface area contributed by atoms with E-state index in [1.54, 1.807) is 66.2 Å². The summed E-state index contributed by atoms with van der Waals surface area (Å²) in [5.74, 6) is -17.8. The number of ether oxygens (including phenoxy) is 6. The lowest BCUT2D eigenvalue weighted by atomic mass is 9.85. The number of aromatic hydroxyl groups is 3. The van der Waals surface area contributed by atoms with Gasteiger partial charge >= 0.3 is 11.7 Å². The fraction of sp³-hybridized carbons (Fsp3) is 0.402. The topological polar surface area (TPSA) is 599 Å². The highest BCUT2D eigenvalue weighted by Gasteiger charge is 2.52. The van der Waals surface area contributed by atoms with Crippen LogP contribution in [-0.4, -0.2) is 246 Å². The number of hydroxylamine groups is 1. The number of likely N-dealkylation sites (N-methyl/N-ethyl adjacent to an activating group) is 2. The van der Waals surface area contributed by atoms with E-state index in [1.807, 2.05) is 5.48 Å². The highest BCUT2D eigenvalue weighted by atomic mass is 35.5. The zero-order chi connectivity index (χ0) is 94.4. The Labute approximate surface area is 775 Å². The Morgan fingerprint density at radius 1 is 0.727 bits per heavy atom. The molecular weight excluding hydrogens is 1810 g/mol. The summed E-state index contributed by atoms with van der Waals surface area (Å²) in [7, 11) is 6.33. The lowest BCUT2D eigenvalue weighted by molar-refractivity contribution is -0.862. The van der Waals surface area contributed by atoms with Crippen LogP contribution < -0.4 is 91.4 Å². The van der Waals surface area contributed by atoms with Gasteiger partial charge in [0.2, 0.25) is 59.3 Å². The van der Waals surface area contributed by atoms with Gasteiger partial charge in [-0.25, -0.2) is 9.59 Å². The number of hydrogen-bond donors (Lipinski definition) is 20. The maximum atomic E-state index is 16.4. The molecule has 132 heavy (non-hydrogen) atoms. The summed E-state index contributed by atoms with van der Waals surface area (Å²) in [6, 6.07) is 6.95. The molecule has 8 heterocycles. The van der Waals surface area contributed by atoms with Gasteiger partial charge in [0.15, 0.2) is 30.4 Å². The average Bonchev–Trinajstić information content (AvgIpc) is 0.758. The number of rotatable bonds is 22. The molecule has 0 radical (unpaired) electrons. The standard InChI is InChI=1S/C86H97Cl3N14O27.CH4.ClH/c1-37(2)25-50(91-5)77(116)99-68-70(111)41-13-18-54(48(88)27-41)125-56-29-43-30-57(74(56)129-84-75(73(114)72(113)58(36-104)127-84)128-63-34-86(4,76(115)38(3)124-63)92-22-24-102-23-21-60(95-85(102)123)94-61(109)20-11-39-9-15-44(87)16-10-39)126-55-19-14-42(28-49(55)89)71(112)69-82(121)98-67(83(122)101-130-62(110)35-103(6,7)8)47-31-45(105)32-53(107)64(47)46-26-40(12-17-52(46)106)65(79(118)100-69)97-80(119)66(43)96-78(117)51(33-59(90)108)93-81(68)120;;/h9-21,23,26-32,37-38,50-51,58,63,65-73,75-76,84,91-92,104,111-115H,22,24-25,33-36H2,1-8H3,(H12-,90,93,94,95,96,97,98,99,100,101,105,106,107,108,109,116,117,118,119,120,121,122,123);1H4;1H/b20-11+;;. The van der Waals surface area contributed by atoms with Gasteiger partial charge in [-0.15, -0.1) is 0 Å². The molecule has 710 valence electrons. The van der Waals surface area contributed by atoms with Crippen molar-refractivity contribution >= 4 is 106 Å². The summed E-state index contributed by atoms with van der Waals surface area (Å²) >= 11 is 20.4. The number of phenolic OH excluding ortho intramolecular Hbond substituents is 3. The Morgan fingerprint density at radius 3 is 1.97 bits per heavy atom. The van der Waals surface area contributed by atoms with Crippen molar-refractivity contribution in [2.45, 2.75) is 170 Å². The van der Waals surface area contributed by atoms with Gasteiger partial charge in [0, 0.05) is 59.5 Å². The number of phenols is 3. The van der Waals surface area contributed by atoms with Crippen LogP contribution in [0.4, 0.5) is 5.82 Å². The number of fused-ring (bicyclic) bond motifs is 15. The summed E-state index contributed by atoms with van der Waals surface area (Å²) in [4.78, 5) is 169. The fourth-order valence-electron chi connectivity index (χ4n) is 15.3. The second-order valence-electron chi connectivity index (χ2n) is 33.3. The van der Waals surface area contributed by atoms with Crippen molar-refractivity contribution in [1.29, 1.82) is 0 Å². The van der Waals surface area contributed by atoms with Crippen molar-refractivity contribution in [3.63, 3.8) is 0 Å². The molecule has 0 spiro atoms. The van der Waals surface area contributed by atoms with Gasteiger partial charge in [-0.3, -0.25) is 47.7 Å². The summed E-state index contributed by atoms with van der Waals surface area (Å²) < 4.78 is 40.7. The number of anilines is 1. The van der Waals surface area contributed by atoms with Gasteiger partial charge < -0.3 is 150 Å². The number of carbonyl (C=O) groups excluding carboxylic acids is 10. The number of aliphatic hydroxyl groups is 6. The Hall–Kier alpha value is -11.9. The second kappa shape index (κ2) is 43.2. The van der Waals surface area contributed by atoms with Crippen LogP contribution in [0.3, 0.4) is 0 Å². The third-order valence-electron chi connectivity index (χ3n) is 21.9. The maximum Gasteiger partial charge on any atom is 0.386 e. The maximum absolute atomic E-state index is 16.4. The molecule has 45 heteroatoms. The number of aliphatic hydroxyl groups excluding tert-OH is 6. The van der Waals surface area contributed by atoms with Crippen molar-refractivity contribution in [1.82, 2.24) is 57.6 Å². The number of nitrogens with zero attached hydrogens (tertiary/aromatic N) is 3. The van der Waals surface area contributed by atoms with Crippen LogP contribution >= 0.6 is 34.8 Å². The van der Waals surface area contributed by atoms with Crippen molar-refractivity contribution in [2.75, 3.05) is 53.2 Å². The minimum Gasteiger partial charge on any atom is -1.00 e. The van der Waals surface area contributed by atoms with Crippen molar-refractivity contribution in [3.05, 3.63) is 180 Å². The second-order valence-corrected chi connectivity index (χ2v) is 34.5. The first-order chi connectivity index (χ1) is 61.5. The molecule has 7 aromatic rings. The highest BCUT2D eigenvalue weighted by molar-refractivity contribution is 6.32. The normalized spacial score (nSPS) is 25.2. The highest BCUT2D eigenvalue weighted by Crippen LogP contribution is 2.50. The molecule has 41 nitrogen and oxygen atoms in total. The first kappa shape index (κ1) is 102. The summed E-state index contributed by atoms with van der Waals surface area (Å²) in [6.07, 6.45) is -15.6. The monoisotopic (exact) mass is 1910 g/mol. The molecule has 7 aliphatic heterocycles. The number of benzene rings is 6. The molecule has 0 saturated carbocycles. The molecule has 18 unspecified atom stereocenters. The first-order valence-electron chi connectivity index (χ1n) is 40.8. The van der Waals surface area contributed by atoms with E-state index in [9.17, 15) is 74.7 Å². The largest absolute Gasteiger partial charge is 1.00 e. The van der Waals surface area contributed by atoms with Crippen LogP contribution in [0, 0.1) is 5.92 Å². The molecule has 0 aliphatic carbocycles. The molecule has 11 bridgehead atoms. The number of aromatic nitrogens is 2. The molecule has 18 atom stereocenters. The van der Waals surface area contributed by atoms with Crippen LogP contribution in [0.15, 0.2) is 126 Å². The van der Waals surface area contributed by atoms with Gasteiger partial charge in [0.1, 0.15) is 101 Å². The zero-order valence-electron chi connectivity index (χ0n) is 71.3. The van der Waals surface area contributed by atoms with Gasteiger partial charge in [0.25, 0.3) is 5.91 Å². The molecule has 2 saturated heterocycles. The molecule has 2 fully saturated rings. The number of amides is 9. The van der Waals surface area contributed by atoms with Crippen LogP contribution in [-0.2, 0) is 73.5 Å². The van der Waals surface area contributed by atoms with E-state index in [0.717, 1.165) is 66.7 Å². The molecular formula is C87H102Cl4N14O27. The lowest BCUT2D eigenvalue weighted by Gasteiger charge is -2.48. The van der Waals surface area contributed by atoms with Crippen molar-refractivity contribution in [3.8, 4) is 57.1 Å². The molecule has 14 rings (SSSR count). The fourth-order valence-corrected chi connectivity index (χ4v) is 15.9. The van der Waals surface area contributed by atoms with Crippen LogP contribution in [0.25, 0.3) is 17.2 Å². The van der Waals surface area contributed by atoms with Crippen LogP contribution in [0.5, 0.6) is 46.0 Å². The number of halogens is 4. The van der Waals surface area contributed by atoms with Crippen LogP contribution in [0.2, 0.25) is 15.1 Å². The van der Waals surface area contributed by atoms with E-state index >= 15 is 24.0 Å². The Bertz CT molecular complexity index is 5600. The van der Waals surface area contributed by atoms with E-state index in [0.29, 0.717) is 10.6 Å². The van der Waals surface area contributed by atoms with Gasteiger partial charge in [-0.1, -0.05) is 86.4 Å². The minimum absolute atomic E-state index is 0. The van der Waals surface area contributed by atoms with Crippen LogP contribution in [0.1, 0.15) is 118 Å². The Morgan fingerprint density at radius 2 is 1.36 bits per heavy atom. The number of quaternary nitrogens is 1. The van der Waals surface area contributed by atoms with Crippen molar-refractivity contribution in [2.24, 2.45) is 11.7 Å². The third-order valence-corrected chi connectivity index (χ3v) is 22.8. The van der Waals surface area contributed by atoms with Gasteiger partial charge in [0.05, 0.1) is 62.5 Å². The first-order valence-corrected chi connectivity index (χ1v) is 41.9. The molecule has 21 N–H and O–H groups in total. The predicted molar refractivity (Wildman–Crippen MR) is 467 cm³/mol. The van der Waals surface area contributed by atoms with Gasteiger partial charge in [-0.2, -0.15) is 10.5 Å². The minimum atomic E-state index is -2.42. The zero-order valence-corrected chi connectivity index (χ0v) is 74.3. The quantitative estimate of drug-likeness (QED) is 0.0223. The Balaban J connectivity index is 0.00000904. The molecule has 6 aromatic carbocycles. The summed E-state index contributed by atoms with van der Waals surface area (Å²) in [5, 5.41) is 130. The number of primary amides is 1. The summed E-state index contributed by atoms with van der Waals surface area (Å²) in [5.41, 5.74) is 3.23. The van der Waals surface area contributed by atoms with E-state index in [4.69, 9.17) is 73.8 Å². The molecule has 7 aliphatic rings. The van der Waals surface area contributed by atoms with Gasteiger partial charge in [-0.05, 0) is 145 Å². The summed E-state index contributed by atoms with van der Waals surface area (Å²) in [6.45, 7) is 5.22. The molecule has 9 amide bonds. The smallest absolute Gasteiger partial charge is 0.386 e. The lowest BCUT2D eigenvalue weighted by Crippen LogP contribution is -3.00. The van der Waals surface area contributed by atoms with E-state index in [-0.39, 0.29) is 79.7 Å². The number of hydrogen-bond acceptors (Lipinski definition) is 30. The van der Waals surface area contributed by atoms with E-state index in [1.165, 1.54) is 55.1 Å². The third kappa shape index (κ3) is 24.1. The number of nitrogens with two attached hydrogens (primary N) is 1. The van der Waals surface area contributed by atoms with Crippen molar-refractivity contribution < 1.29 is 144 Å². The number of carbonyl (C=O) groups is 10. The molecule has 1 aromatic heterocycles. The average molecular weight is 1920 g/mol. The SMILES string of the molecule is C.CNC(CC(C)C)C(=O)NC1C(=O)NC(CC(N)=O)C(=O)NC2C(=O)NC3C(=O)NC(C(=O)NC(C(=O)NOC(=O)C[N+](C)(C)C)c4cc(O)cc(O)c4-c4cc3ccc4O)C(O)c3ccc(c(Cl)c3)Oc3cc2cc(c3OC2OC(CO)C(O)C(O)C2OC2CC(C)(NCCn3ccc(NC(=O)/C=C/c4ccc(Cl)cc4)nc3=O)C(O)C(C)O2)Oc2ccc(cc2Cl)C1O.[Cl-].